The van der Waals surface area contributed by atoms with E-state index in [-0.39, 0.29) is 31.4 Å². The molecule has 0 fully saturated rings. The molecule has 4 rings (SSSR count). The highest BCUT2D eigenvalue weighted by Crippen LogP contribution is 2.08. The maximum absolute atomic E-state index is 13.2. The SMILES string of the molecule is O=C(CCCCn1c(=O)c2ccccc2n(CC(=O)NCc2ccco2)c1=O)NCCc1ccccc1. The van der Waals surface area contributed by atoms with Gasteiger partial charge in [-0.25, -0.2) is 4.79 Å². The molecule has 2 aromatic heterocycles. The van der Waals surface area contributed by atoms with Crippen molar-refractivity contribution in [3.8, 4) is 0 Å². The monoisotopic (exact) mass is 502 g/mol. The molecule has 0 saturated heterocycles. The molecular formula is C28H30N4O5. The van der Waals surface area contributed by atoms with E-state index in [4.69, 9.17) is 4.42 Å². The highest BCUT2D eigenvalue weighted by atomic mass is 16.3. The first kappa shape index (κ1) is 25.7. The van der Waals surface area contributed by atoms with E-state index in [0.717, 1.165) is 16.6 Å². The fourth-order valence-corrected chi connectivity index (χ4v) is 4.15. The zero-order valence-electron chi connectivity index (χ0n) is 20.5. The van der Waals surface area contributed by atoms with Gasteiger partial charge in [-0.1, -0.05) is 42.5 Å². The van der Waals surface area contributed by atoms with Gasteiger partial charge in [-0.05, 0) is 49.1 Å². The maximum atomic E-state index is 13.2. The summed E-state index contributed by atoms with van der Waals surface area (Å²) in [7, 11) is 0. The van der Waals surface area contributed by atoms with Gasteiger partial charge in [0.2, 0.25) is 11.8 Å². The van der Waals surface area contributed by atoms with Crippen molar-refractivity contribution in [3.05, 3.63) is 105 Å². The van der Waals surface area contributed by atoms with Crippen LogP contribution in [0.5, 0.6) is 0 Å². The summed E-state index contributed by atoms with van der Waals surface area (Å²) >= 11 is 0. The van der Waals surface area contributed by atoms with Crippen LogP contribution in [0.3, 0.4) is 0 Å². The molecule has 192 valence electrons. The van der Waals surface area contributed by atoms with E-state index in [2.05, 4.69) is 10.6 Å². The number of para-hydroxylation sites is 1. The van der Waals surface area contributed by atoms with Gasteiger partial charge in [0, 0.05) is 19.5 Å². The van der Waals surface area contributed by atoms with Crippen LogP contribution in [-0.4, -0.2) is 27.5 Å². The normalized spacial score (nSPS) is 10.9. The molecule has 0 bridgehead atoms. The van der Waals surface area contributed by atoms with E-state index in [9.17, 15) is 19.2 Å². The minimum atomic E-state index is -0.552. The predicted molar refractivity (Wildman–Crippen MR) is 140 cm³/mol. The molecule has 9 nitrogen and oxygen atoms in total. The van der Waals surface area contributed by atoms with Gasteiger partial charge >= 0.3 is 5.69 Å². The summed E-state index contributed by atoms with van der Waals surface area (Å²) in [5.41, 5.74) is 0.605. The number of unbranched alkanes of at least 4 members (excludes halogenated alkanes) is 1. The van der Waals surface area contributed by atoms with Gasteiger partial charge in [0.05, 0.1) is 23.7 Å². The molecule has 0 aliphatic carbocycles. The minimum absolute atomic E-state index is 0.0626. The average molecular weight is 503 g/mol. The number of hydrogen-bond acceptors (Lipinski definition) is 5. The fraction of sp³-hybridized carbons (Fsp3) is 0.286. The van der Waals surface area contributed by atoms with Crippen LogP contribution in [0.1, 0.15) is 30.6 Å². The van der Waals surface area contributed by atoms with Crippen LogP contribution in [0.4, 0.5) is 0 Å². The van der Waals surface area contributed by atoms with Crippen molar-refractivity contribution >= 4 is 22.7 Å². The Balaban J connectivity index is 1.36. The molecule has 2 amide bonds. The van der Waals surface area contributed by atoms with Gasteiger partial charge < -0.3 is 15.1 Å². The van der Waals surface area contributed by atoms with E-state index >= 15 is 0 Å². The second kappa shape index (κ2) is 12.5. The Hall–Kier alpha value is -4.40. The maximum Gasteiger partial charge on any atom is 0.331 e. The molecule has 0 radical (unpaired) electrons. The van der Waals surface area contributed by atoms with E-state index in [1.54, 1.807) is 36.4 Å². The van der Waals surface area contributed by atoms with Crippen LogP contribution in [0.25, 0.3) is 10.9 Å². The van der Waals surface area contributed by atoms with Crippen LogP contribution in [-0.2, 0) is 35.6 Å². The van der Waals surface area contributed by atoms with Gasteiger partial charge in [-0.15, -0.1) is 0 Å². The van der Waals surface area contributed by atoms with Crippen molar-refractivity contribution in [2.45, 2.75) is 45.3 Å². The molecule has 9 heteroatoms. The summed E-state index contributed by atoms with van der Waals surface area (Å²) in [6, 6.07) is 20.1. The summed E-state index contributed by atoms with van der Waals surface area (Å²) in [6.45, 7) is 0.684. The number of benzene rings is 2. The first-order valence-corrected chi connectivity index (χ1v) is 12.3. The highest BCUT2D eigenvalue weighted by molar-refractivity contribution is 5.81. The summed E-state index contributed by atoms with van der Waals surface area (Å²) in [5.74, 6) is 0.160. The number of nitrogens with zero attached hydrogens (tertiary/aromatic N) is 2. The molecule has 2 N–H and O–H groups in total. The number of carbonyl (C=O) groups excluding carboxylic acids is 2. The zero-order valence-corrected chi connectivity index (χ0v) is 20.5. The Kier molecular flexibility index (Phi) is 8.70. The van der Waals surface area contributed by atoms with Gasteiger partial charge in [-0.2, -0.15) is 0 Å². The van der Waals surface area contributed by atoms with Crippen molar-refractivity contribution in [1.82, 2.24) is 19.8 Å². The number of carbonyl (C=O) groups is 2. The lowest BCUT2D eigenvalue weighted by Crippen LogP contribution is -2.42. The van der Waals surface area contributed by atoms with Crippen LogP contribution in [0.2, 0.25) is 0 Å². The molecule has 37 heavy (non-hydrogen) atoms. The number of amides is 2. The third kappa shape index (κ3) is 6.84. The fourth-order valence-electron chi connectivity index (χ4n) is 4.15. The first-order valence-electron chi connectivity index (χ1n) is 12.3. The molecule has 0 aliphatic heterocycles. The largest absolute Gasteiger partial charge is 0.467 e. The second-order valence-electron chi connectivity index (χ2n) is 8.74. The van der Waals surface area contributed by atoms with E-state index in [1.807, 2.05) is 30.3 Å². The first-order chi connectivity index (χ1) is 18.0. The predicted octanol–water partition coefficient (Wildman–Crippen LogP) is 2.60. The topological polar surface area (TPSA) is 115 Å². The number of nitrogens with one attached hydrogen (secondary N) is 2. The molecule has 0 aliphatic rings. The van der Waals surface area contributed by atoms with Gasteiger partial charge in [0.1, 0.15) is 12.3 Å². The Morgan fingerprint density at radius 2 is 1.59 bits per heavy atom. The second-order valence-corrected chi connectivity index (χ2v) is 8.74. The highest BCUT2D eigenvalue weighted by Gasteiger charge is 2.15. The molecule has 0 atom stereocenters. The lowest BCUT2D eigenvalue weighted by Gasteiger charge is -2.14. The van der Waals surface area contributed by atoms with Gasteiger partial charge in [0.25, 0.3) is 5.56 Å². The van der Waals surface area contributed by atoms with Crippen LogP contribution in [0, 0.1) is 0 Å². The van der Waals surface area contributed by atoms with Crippen molar-refractivity contribution in [1.29, 1.82) is 0 Å². The molecular weight excluding hydrogens is 472 g/mol. The number of aromatic nitrogens is 2. The molecule has 2 heterocycles. The number of hydrogen-bond donors (Lipinski definition) is 2. The van der Waals surface area contributed by atoms with E-state index < -0.39 is 11.2 Å². The van der Waals surface area contributed by atoms with Crippen LogP contribution in [0.15, 0.2) is 87.0 Å². The van der Waals surface area contributed by atoms with E-state index in [0.29, 0.717) is 42.5 Å². The lowest BCUT2D eigenvalue weighted by molar-refractivity contribution is -0.122. The van der Waals surface area contributed by atoms with Crippen molar-refractivity contribution in [3.63, 3.8) is 0 Å². The quantitative estimate of drug-likeness (QED) is 0.289. The zero-order chi connectivity index (χ0) is 26.0. The smallest absolute Gasteiger partial charge is 0.331 e. The minimum Gasteiger partial charge on any atom is -0.467 e. The van der Waals surface area contributed by atoms with Gasteiger partial charge in [0.15, 0.2) is 0 Å². The van der Waals surface area contributed by atoms with Crippen molar-refractivity contribution < 1.29 is 14.0 Å². The van der Waals surface area contributed by atoms with Crippen molar-refractivity contribution in [2.24, 2.45) is 0 Å². The molecule has 0 spiro atoms. The summed E-state index contributed by atoms with van der Waals surface area (Å²) in [4.78, 5) is 51.0. The Bertz CT molecular complexity index is 1460. The number of rotatable bonds is 12. The van der Waals surface area contributed by atoms with Gasteiger partial charge in [-0.3, -0.25) is 23.5 Å². The average Bonchev–Trinajstić information content (AvgIpc) is 3.44. The van der Waals surface area contributed by atoms with E-state index in [1.165, 1.54) is 10.8 Å². The van der Waals surface area contributed by atoms with Crippen LogP contribution < -0.4 is 21.9 Å². The Morgan fingerprint density at radius 3 is 2.38 bits per heavy atom. The summed E-state index contributed by atoms with van der Waals surface area (Å²) < 4.78 is 7.68. The molecule has 0 saturated carbocycles. The number of fused-ring (bicyclic) bond motifs is 1. The third-order valence-corrected chi connectivity index (χ3v) is 6.09. The molecule has 0 unspecified atom stereocenters. The van der Waals surface area contributed by atoms with Crippen molar-refractivity contribution in [2.75, 3.05) is 6.54 Å². The summed E-state index contributed by atoms with van der Waals surface area (Å²) in [6.07, 6.45) is 3.59. The Morgan fingerprint density at radius 1 is 0.811 bits per heavy atom. The summed E-state index contributed by atoms with van der Waals surface area (Å²) in [5, 5.41) is 5.99. The van der Waals surface area contributed by atoms with Crippen LogP contribution >= 0.6 is 0 Å². The third-order valence-electron chi connectivity index (χ3n) is 6.09. The Labute approximate surface area is 213 Å². The number of furan rings is 1. The molecule has 2 aromatic carbocycles. The molecule has 4 aromatic rings. The lowest BCUT2D eigenvalue weighted by atomic mass is 10.1. The standard InChI is InChI=1S/C28H30N4O5/c33-25(29-16-15-21-9-2-1-3-10-21)14-6-7-17-31-27(35)23-12-4-5-13-24(23)32(28(31)36)20-26(34)30-19-22-11-8-18-37-22/h1-5,8-13,18H,6-7,14-17,19-20H2,(H,29,33)(H,30,34).